The molecule has 11 heteroatoms. The third-order valence-corrected chi connectivity index (χ3v) is 10.5. The minimum Gasteiger partial charge on any atom is -0.480 e. The number of anilines is 1. The Hall–Kier alpha value is -4.19. The SMILES string of the molecule is Cc1c(-c2cccc(N(C3CCNCC3)S(=O)(=O)Cc3ccccc3)c2)sc(C(=O)O)c1OCC(=O)OCc1ccccc1. The molecule has 1 aromatic heterocycles. The van der Waals surface area contributed by atoms with Gasteiger partial charge in [0.05, 0.1) is 11.4 Å². The number of sulfonamides is 1. The second-order valence-corrected chi connectivity index (χ2v) is 13.4. The summed E-state index contributed by atoms with van der Waals surface area (Å²) in [5, 5.41) is 13.2. The van der Waals surface area contributed by atoms with Crippen molar-refractivity contribution in [3.05, 3.63) is 106 Å². The Morgan fingerprint density at radius 2 is 1.61 bits per heavy atom. The van der Waals surface area contributed by atoms with E-state index >= 15 is 0 Å². The molecule has 5 rings (SSSR count). The van der Waals surface area contributed by atoms with Gasteiger partial charge < -0.3 is 19.9 Å². The standard InChI is InChI=1S/C33H34N2O7S2/c1-23-30(42-21-29(36)41-20-24-9-4-2-5-10-24)32(33(37)38)43-31(23)26-13-8-14-28(19-26)35(27-15-17-34-18-16-27)44(39,40)22-25-11-6-3-7-12-25/h2-14,19,27,34H,15-18,20-22H2,1H3,(H,37,38). The zero-order valence-electron chi connectivity index (χ0n) is 24.3. The normalized spacial score (nSPS) is 13.8. The van der Waals surface area contributed by atoms with E-state index in [2.05, 4.69) is 5.32 Å². The molecule has 1 fully saturated rings. The van der Waals surface area contributed by atoms with Crippen molar-refractivity contribution in [1.82, 2.24) is 5.32 Å². The molecule has 4 aromatic rings. The molecule has 0 bridgehead atoms. The number of thiophene rings is 1. The maximum atomic E-state index is 13.9. The maximum Gasteiger partial charge on any atom is 0.349 e. The molecule has 1 aliphatic heterocycles. The fourth-order valence-corrected chi connectivity index (χ4v) is 8.22. The first-order chi connectivity index (χ1) is 21.2. The highest BCUT2D eigenvalue weighted by atomic mass is 32.2. The topological polar surface area (TPSA) is 122 Å². The second kappa shape index (κ2) is 14.1. The van der Waals surface area contributed by atoms with E-state index in [1.807, 2.05) is 54.6 Å². The van der Waals surface area contributed by atoms with Gasteiger partial charge >= 0.3 is 11.9 Å². The van der Waals surface area contributed by atoms with Gasteiger partial charge in [-0.3, -0.25) is 4.31 Å². The van der Waals surface area contributed by atoms with E-state index in [4.69, 9.17) is 9.47 Å². The molecule has 9 nitrogen and oxygen atoms in total. The number of carboxylic acid groups (broad SMARTS) is 1. The van der Waals surface area contributed by atoms with Gasteiger partial charge in [0.25, 0.3) is 0 Å². The van der Waals surface area contributed by atoms with Crippen molar-refractivity contribution in [2.75, 3.05) is 24.0 Å². The van der Waals surface area contributed by atoms with Gasteiger partial charge in [0.15, 0.2) is 11.5 Å². The van der Waals surface area contributed by atoms with Crippen molar-refractivity contribution in [1.29, 1.82) is 0 Å². The highest BCUT2D eigenvalue weighted by molar-refractivity contribution is 7.92. The van der Waals surface area contributed by atoms with Crippen molar-refractivity contribution < 1.29 is 32.6 Å². The van der Waals surface area contributed by atoms with Crippen LogP contribution in [0.25, 0.3) is 10.4 Å². The lowest BCUT2D eigenvalue weighted by molar-refractivity contribution is -0.147. The van der Waals surface area contributed by atoms with Crippen LogP contribution in [-0.2, 0) is 31.9 Å². The quantitative estimate of drug-likeness (QED) is 0.192. The fraction of sp³-hybridized carbons (Fsp3) is 0.273. The van der Waals surface area contributed by atoms with Crippen LogP contribution in [-0.4, -0.2) is 51.2 Å². The minimum atomic E-state index is -3.76. The van der Waals surface area contributed by atoms with E-state index in [1.165, 1.54) is 4.31 Å². The van der Waals surface area contributed by atoms with E-state index < -0.39 is 28.6 Å². The van der Waals surface area contributed by atoms with Crippen LogP contribution in [0, 0.1) is 6.92 Å². The number of rotatable bonds is 12. The molecule has 3 aromatic carbocycles. The number of nitrogens with one attached hydrogen (secondary N) is 1. The molecule has 0 spiro atoms. The third kappa shape index (κ3) is 7.47. The molecule has 1 saturated heterocycles. The zero-order chi connectivity index (χ0) is 31.1. The Bertz CT molecular complexity index is 1700. The molecule has 0 amide bonds. The van der Waals surface area contributed by atoms with E-state index in [1.54, 1.807) is 37.3 Å². The van der Waals surface area contributed by atoms with Crippen LogP contribution in [0.2, 0.25) is 0 Å². The van der Waals surface area contributed by atoms with Crippen molar-refractivity contribution in [2.24, 2.45) is 0 Å². The highest BCUT2D eigenvalue weighted by Gasteiger charge is 2.32. The number of ether oxygens (including phenoxy) is 2. The lowest BCUT2D eigenvalue weighted by Gasteiger charge is -2.35. The number of nitrogens with zero attached hydrogens (tertiary/aromatic N) is 1. The van der Waals surface area contributed by atoms with Gasteiger partial charge in [-0.1, -0.05) is 72.8 Å². The van der Waals surface area contributed by atoms with Gasteiger partial charge in [-0.25, -0.2) is 18.0 Å². The highest BCUT2D eigenvalue weighted by Crippen LogP contribution is 2.43. The predicted octanol–water partition coefficient (Wildman–Crippen LogP) is 5.63. The summed E-state index contributed by atoms with van der Waals surface area (Å²) >= 11 is 1.02. The van der Waals surface area contributed by atoms with E-state index in [0.29, 0.717) is 53.2 Å². The largest absolute Gasteiger partial charge is 0.480 e. The Labute approximate surface area is 261 Å². The summed E-state index contributed by atoms with van der Waals surface area (Å²) in [5.41, 5.74) is 3.24. The number of esters is 1. The fourth-order valence-electron chi connectivity index (χ4n) is 5.28. The minimum absolute atomic E-state index is 0.0503. The molecule has 230 valence electrons. The Balaban J connectivity index is 1.42. The molecular weight excluding hydrogens is 601 g/mol. The molecule has 2 heterocycles. The van der Waals surface area contributed by atoms with Gasteiger partial charge in [-0.05, 0) is 61.7 Å². The Morgan fingerprint density at radius 3 is 2.27 bits per heavy atom. The lowest BCUT2D eigenvalue weighted by atomic mass is 10.0. The van der Waals surface area contributed by atoms with Crippen molar-refractivity contribution >= 4 is 39.0 Å². The summed E-state index contributed by atoms with van der Waals surface area (Å²) in [6, 6.07) is 25.2. The first-order valence-corrected chi connectivity index (χ1v) is 16.7. The Morgan fingerprint density at radius 1 is 0.955 bits per heavy atom. The molecule has 1 aliphatic rings. The number of carbonyl (C=O) groups excluding carboxylic acids is 1. The van der Waals surface area contributed by atoms with Gasteiger partial charge in [0.2, 0.25) is 10.0 Å². The summed E-state index contributed by atoms with van der Waals surface area (Å²) in [5.74, 6) is -1.86. The average Bonchev–Trinajstić information content (AvgIpc) is 3.36. The molecule has 0 saturated carbocycles. The van der Waals surface area contributed by atoms with Crippen LogP contribution in [0.5, 0.6) is 5.75 Å². The smallest absolute Gasteiger partial charge is 0.349 e. The first kappa shape index (κ1) is 31.2. The molecule has 0 unspecified atom stereocenters. The maximum absolute atomic E-state index is 13.9. The van der Waals surface area contributed by atoms with Crippen LogP contribution in [0.4, 0.5) is 5.69 Å². The van der Waals surface area contributed by atoms with Gasteiger partial charge in [0, 0.05) is 16.5 Å². The number of hydrogen-bond donors (Lipinski definition) is 2. The molecule has 2 N–H and O–H groups in total. The molecule has 0 radical (unpaired) electrons. The third-order valence-electron chi connectivity index (χ3n) is 7.36. The summed E-state index contributed by atoms with van der Waals surface area (Å²) in [6.45, 7) is 2.78. The number of carboxylic acids is 1. The number of benzene rings is 3. The molecular formula is C33H34N2O7S2. The van der Waals surface area contributed by atoms with Gasteiger partial charge in [0.1, 0.15) is 12.4 Å². The summed E-state index contributed by atoms with van der Waals surface area (Å²) in [6.07, 6.45) is 1.33. The van der Waals surface area contributed by atoms with Crippen molar-refractivity contribution in [2.45, 2.75) is 38.2 Å². The molecule has 0 atom stereocenters. The molecule has 44 heavy (non-hydrogen) atoms. The molecule has 0 aliphatic carbocycles. The number of aromatic carboxylic acids is 1. The van der Waals surface area contributed by atoms with Gasteiger partial charge in [-0.2, -0.15) is 0 Å². The van der Waals surface area contributed by atoms with E-state index in [9.17, 15) is 23.1 Å². The number of hydrogen-bond acceptors (Lipinski definition) is 8. The summed E-state index contributed by atoms with van der Waals surface area (Å²) in [7, 11) is -3.76. The van der Waals surface area contributed by atoms with Gasteiger partial charge in [-0.15, -0.1) is 11.3 Å². The van der Waals surface area contributed by atoms with Crippen LogP contribution >= 0.6 is 11.3 Å². The summed E-state index contributed by atoms with van der Waals surface area (Å²) in [4.78, 5) is 25.1. The zero-order valence-corrected chi connectivity index (χ0v) is 25.9. The van der Waals surface area contributed by atoms with Crippen LogP contribution in [0.15, 0.2) is 84.9 Å². The monoisotopic (exact) mass is 634 g/mol. The van der Waals surface area contributed by atoms with E-state index in [-0.39, 0.29) is 29.0 Å². The van der Waals surface area contributed by atoms with Crippen LogP contribution in [0.3, 0.4) is 0 Å². The van der Waals surface area contributed by atoms with Crippen LogP contribution < -0.4 is 14.4 Å². The van der Waals surface area contributed by atoms with E-state index in [0.717, 1.165) is 16.9 Å². The van der Waals surface area contributed by atoms with Crippen LogP contribution in [0.1, 0.15) is 39.2 Å². The van der Waals surface area contributed by atoms with Crippen molar-refractivity contribution in [3.8, 4) is 16.2 Å². The first-order valence-electron chi connectivity index (χ1n) is 14.3. The average molecular weight is 635 g/mol. The van der Waals surface area contributed by atoms with Crippen molar-refractivity contribution in [3.63, 3.8) is 0 Å². The number of carbonyl (C=O) groups is 2. The number of piperidine rings is 1. The lowest BCUT2D eigenvalue weighted by Crippen LogP contribution is -2.46. The predicted molar refractivity (Wildman–Crippen MR) is 171 cm³/mol. The second-order valence-electron chi connectivity index (χ2n) is 10.5. The summed E-state index contributed by atoms with van der Waals surface area (Å²) < 4.78 is 40.4. The Kier molecular flexibility index (Phi) is 9.99.